The fourth-order valence-electron chi connectivity index (χ4n) is 2.83. The van der Waals surface area contributed by atoms with Gasteiger partial charge in [-0.1, -0.05) is 43.2 Å². The van der Waals surface area contributed by atoms with Crippen LogP contribution in [0.4, 0.5) is 0 Å². The lowest BCUT2D eigenvalue weighted by atomic mass is 10.0. The average Bonchev–Trinajstić information content (AvgIpc) is 2.83. The zero-order valence-electron chi connectivity index (χ0n) is 11.6. The summed E-state index contributed by atoms with van der Waals surface area (Å²) in [5.41, 5.74) is 0.250. The first-order chi connectivity index (χ1) is 9.09. The third-order valence-corrected chi connectivity index (χ3v) is 3.91. The first-order valence-electron chi connectivity index (χ1n) is 7.08. The Morgan fingerprint density at radius 3 is 2.53 bits per heavy atom. The number of hydrogen-bond donors (Lipinski definition) is 1. The van der Waals surface area contributed by atoms with Crippen molar-refractivity contribution in [1.82, 2.24) is 4.90 Å². The summed E-state index contributed by atoms with van der Waals surface area (Å²) in [5, 5.41) is 10.3. The Bertz CT molecular complexity index is 410. The second-order valence-electron chi connectivity index (χ2n) is 5.71. The fourth-order valence-corrected chi connectivity index (χ4v) is 2.83. The Morgan fingerprint density at radius 2 is 1.89 bits per heavy atom. The Balaban J connectivity index is 1.77. The number of likely N-dealkylation sites (N-methyl/N-ethyl adjacent to an activating group) is 1. The molecule has 2 rings (SSSR count). The fraction of sp³-hybridized carbons (Fsp3) is 0.562. The molecule has 1 aromatic rings. The highest BCUT2D eigenvalue weighted by molar-refractivity contribution is 5.96. The first kappa shape index (κ1) is 14.2. The maximum atomic E-state index is 12.0. The molecule has 0 saturated heterocycles. The van der Waals surface area contributed by atoms with Crippen molar-refractivity contribution in [2.24, 2.45) is 0 Å². The molecule has 0 spiro atoms. The van der Waals surface area contributed by atoms with E-state index >= 15 is 0 Å². The minimum Gasteiger partial charge on any atom is -0.389 e. The number of hydrogen-bond acceptors (Lipinski definition) is 3. The van der Waals surface area contributed by atoms with E-state index in [4.69, 9.17) is 0 Å². The molecule has 0 bridgehead atoms. The minimum atomic E-state index is -0.523. The van der Waals surface area contributed by atoms with Crippen LogP contribution in [0.15, 0.2) is 30.3 Å². The normalized spacial score (nSPS) is 17.8. The number of carbonyl (C=O) groups is 1. The highest BCUT2D eigenvalue weighted by Gasteiger charge is 2.32. The molecule has 1 saturated carbocycles. The number of benzene rings is 1. The van der Waals surface area contributed by atoms with Crippen LogP contribution in [-0.2, 0) is 0 Å². The maximum Gasteiger partial charge on any atom is 0.164 e. The summed E-state index contributed by atoms with van der Waals surface area (Å²) in [4.78, 5) is 14.1. The molecule has 0 heterocycles. The zero-order valence-corrected chi connectivity index (χ0v) is 11.6. The monoisotopic (exact) mass is 261 g/mol. The summed E-state index contributed by atoms with van der Waals surface area (Å²) in [6.07, 6.45) is 4.53. The van der Waals surface area contributed by atoms with E-state index in [1.165, 1.54) is 0 Å². The molecule has 19 heavy (non-hydrogen) atoms. The van der Waals surface area contributed by atoms with Crippen molar-refractivity contribution >= 4 is 5.78 Å². The Morgan fingerprint density at radius 1 is 1.26 bits per heavy atom. The molecule has 0 radical (unpaired) electrons. The van der Waals surface area contributed by atoms with E-state index in [9.17, 15) is 9.90 Å². The van der Waals surface area contributed by atoms with Gasteiger partial charge in [-0.3, -0.25) is 4.79 Å². The van der Waals surface area contributed by atoms with E-state index in [2.05, 4.69) is 4.90 Å². The SMILES string of the molecule is CN(CCC(=O)c1ccccc1)CC1(O)CCCC1. The number of carbonyl (C=O) groups excluding carboxylic acids is 1. The second kappa shape index (κ2) is 6.31. The Kier molecular flexibility index (Phi) is 4.72. The van der Waals surface area contributed by atoms with Crippen molar-refractivity contribution < 1.29 is 9.90 Å². The molecule has 104 valence electrons. The van der Waals surface area contributed by atoms with Gasteiger partial charge in [0.2, 0.25) is 0 Å². The topological polar surface area (TPSA) is 40.5 Å². The van der Waals surface area contributed by atoms with Crippen molar-refractivity contribution in [1.29, 1.82) is 0 Å². The first-order valence-corrected chi connectivity index (χ1v) is 7.08. The quantitative estimate of drug-likeness (QED) is 0.800. The standard InChI is InChI=1S/C16H23NO2/c1-17(13-16(19)10-5-6-11-16)12-9-15(18)14-7-3-2-4-8-14/h2-4,7-8,19H,5-6,9-13H2,1H3. The van der Waals surface area contributed by atoms with Gasteiger partial charge in [-0.15, -0.1) is 0 Å². The molecular weight excluding hydrogens is 238 g/mol. The van der Waals surface area contributed by atoms with Gasteiger partial charge in [0.25, 0.3) is 0 Å². The smallest absolute Gasteiger partial charge is 0.164 e. The zero-order chi connectivity index (χ0) is 13.7. The predicted molar refractivity (Wildman–Crippen MR) is 76.3 cm³/mol. The molecule has 0 atom stereocenters. The number of nitrogens with zero attached hydrogens (tertiary/aromatic N) is 1. The molecule has 1 aliphatic carbocycles. The van der Waals surface area contributed by atoms with Crippen LogP contribution in [0.2, 0.25) is 0 Å². The molecule has 0 aromatic heterocycles. The summed E-state index contributed by atoms with van der Waals surface area (Å²) in [7, 11) is 1.98. The third-order valence-electron chi connectivity index (χ3n) is 3.91. The van der Waals surface area contributed by atoms with E-state index in [0.29, 0.717) is 19.5 Å². The van der Waals surface area contributed by atoms with Crippen LogP contribution in [0, 0.1) is 0 Å². The van der Waals surface area contributed by atoms with Crippen molar-refractivity contribution in [2.75, 3.05) is 20.1 Å². The summed E-state index contributed by atoms with van der Waals surface area (Å²) in [6.45, 7) is 1.38. The molecule has 1 N–H and O–H groups in total. The van der Waals surface area contributed by atoms with Gasteiger partial charge in [-0.2, -0.15) is 0 Å². The van der Waals surface area contributed by atoms with Gasteiger partial charge >= 0.3 is 0 Å². The molecule has 3 nitrogen and oxygen atoms in total. The lowest BCUT2D eigenvalue weighted by Crippen LogP contribution is -2.39. The van der Waals surface area contributed by atoms with Crippen LogP contribution in [0.3, 0.4) is 0 Å². The molecule has 0 amide bonds. The van der Waals surface area contributed by atoms with Crippen molar-refractivity contribution in [3.05, 3.63) is 35.9 Å². The summed E-state index contributed by atoms with van der Waals surface area (Å²) >= 11 is 0. The van der Waals surface area contributed by atoms with E-state index in [0.717, 1.165) is 31.2 Å². The molecule has 1 fully saturated rings. The summed E-state index contributed by atoms with van der Waals surface area (Å²) in [5.74, 6) is 0.172. The highest BCUT2D eigenvalue weighted by atomic mass is 16.3. The summed E-state index contributed by atoms with van der Waals surface area (Å²) in [6, 6.07) is 9.40. The Hall–Kier alpha value is -1.19. The van der Waals surface area contributed by atoms with Gasteiger partial charge < -0.3 is 10.0 Å². The number of ketones is 1. The minimum absolute atomic E-state index is 0.172. The van der Waals surface area contributed by atoms with Gasteiger partial charge in [0.05, 0.1) is 5.60 Å². The van der Waals surface area contributed by atoms with Crippen molar-refractivity contribution in [2.45, 2.75) is 37.7 Å². The van der Waals surface area contributed by atoms with E-state index in [1.807, 2.05) is 37.4 Å². The van der Waals surface area contributed by atoms with Gasteiger partial charge in [-0.05, 0) is 19.9 Å². The molecule has 0 aliphatic heterocycles. The van der Waals surface area contributed by atoms with Crippen LogP contribution in [0.1, 0.15) is 42.5 Å². The van der Waals surface area contributed by atoms with Crippen LogP contribution < -0.4 is 0 Å². The number of Topliss-reactive ketones (excluding diaryl/α,β-unsaturated/α-hetero) is 1. The predicted octanol–water partition coefficient (Wildman–Crippen LogP) is 2.50. The third kappa shape index (κ3) is 4.15. The van der Waals surface area contributed by atoms with E-state index in [1.54, 1.807) is 0 Å². The van der Waals surface area contributed by atoms with Crippen LogP contribution in [0.5, 0.6) is 0 Å². The van der Waals surface area contributed by atoms with Crippen LogP contribution >= 0.6 is 0 Å². The molecule has 0 unspecified atom stereocenters. The largest absolute Gasteiger partial charge is 0.389 e. The van der Waals surface area contributed by atoms with Crippen molar-refractivity contribution in [3.63, 3.8) is 0 Å². The maximum absolute atomic E-state index is 12.0. The van der Waals surface area contributed by atoms with E-state index < -0.39 is 5.60 Å². The van der Waals surface area contributed by atoms with Gasteiger partial charge in [-0.25, -0.2) is 0 Å². The van der Waals surface area contributed by atoms with Gasteiger partial charge in [0.15, 0.2) is 5.78 Å². The molecule has 1 aromatic carbocycles. The number of rotatable bonds is 6. The van der Waals surface area contributed by atoms with E-state index in [-0.39, 0.29) is 5.78 Å². The highest BCUT2D eigenvalue weighted by Crippen LogP contribution is 2.29. The average molecular weight is 261 g/mol. The number of aliphatic hydroxyl groups is 1. The molecule has 1 aliphatic rings. The van der Waals surface area contributed by atoms with Crippen molar-refractivity contribution in [3.8, 4) is 0 Å². The van der Waals surface area contributed by atoms with Crippen LogP contribution in [-0.4, -0.2) is 41.5 Å². The molecular formula is C16H23NO2. The lowest BCUT2D eigenvalue weighted by molar-refractivity contribution is 0.0162. The van der Waals surface area contributed by atoms with Gasteiger partial charge in [0.1, 0.15) is 0 Å². The Labute approximate surface area is 115 Å². The second-order valence-corrected chi connectivity index (χ2v) is 5.71. The van der Waals surface area contributed by atoms with Gasteiger partial charge in [0, 0.05) is 25.1 Å². The lowest BCUT2D eigenvalue weighted by Gasteiger charge is -2.28. The summed E-state index contributed by atoms with van der Waals surface area (Å²) < 4.78 is 0. The van der Waals surface area contributed by atoms with Crippen LogP contribution in [0.25, 0.3) is 0 Å². The molecule has 3 heteroatoms.